The molecule has 1 unspecified atom stereocenters. The SMILES string of the molecule is CNCC(C)NCc1cc(Cl)ccc1OC. The van der Waals surface area contributed by atoms with Gasteiger partial charge in [-0.1, -0.05) is 11.6 Å². The zero-order chi connectivity index (χ0) is 12.0. The number of likely N-dealkylation sites (N-methyl/N-ethyl adjacent to an activating group) is 1. The summed E-state index contributed by atoms with van der Waals surface area (Å²) in [5.74, 6) is 0.869. The lowest BCUT2D eigenvalue weighted by atomic mass is 10.2. The predicted molar refractivity (Wildman–Crippen MR) is 68.2 cm³/mol. The normalized spacial score (nSPS) is 12.5. The molecule has 1 atom stereocenters. The third-order valence-electron chi connectivity index (χ3n) is 2.39. The van der Waals surface area contributed by atoms with Crippen LogP contribution in [0.1, 0.15) is 12.5 Å². The van der Waals surface area contributed by atoms with Crippen molar-refractivity contribution in [2.45, 2.75) is 19.5 Å². The summed E-state index contributed by atoms with van der Waals surface area (Å²) in [5, 5.41) is 7.26. The van der Waals surface area contributed by atoms with Crippen LogP contribution in [0.15, 0.2) is 18.2 Å². The maximum Gasteiger partial charge on any atom is 0.123 e. The summed E-state index contributed by atoms with van der Waals surface area (Å²) in [4.78, 5) is 0. The number of ether oxygens (including phenoxy) is 1. The molecule has 90 valence electrons. The fourth-order valence-electron chi connectivity index (χ4n) is 1.55. The van der Waals surface area contributed by atoms with Crippen LogP contribution in [0.5, 0.6) is 5.75 Å². The molecule has 0 saturated carbocycles. The molecule has 4 heteroatoms. The van der Waals surface area contributed by atoms with Crippen LogP contribution in [0, 0.1) is 0 Å². The Bertz CT molecular complexity index is 331. The van der Waals surface area contributed by atoms with Gasteiger partial charge in [0.2, 0.25) is 0 Å². The van der Waals surface area contributed by atoms with E-state index in [4.69, 9.17) is 16.3 Å². The minimum Gasteiger partial charge on any atom is -0.496 e. The third kappa shape index (κ3) is 4.00. The van der Waals surface area contributed by atoms with Gasteiger partial charge in [-0.15, -0.1) is 0 Å². The summed E-state index contributed by atoms with van der Waals surface area (Å²) in [5.41, 5.74) is 1.08. The molecule has 0 amide bonds. The van der Waals surface area contributed by atoms with Crippen LogP contribution in [0.4, 0.5) is 0 Å². The van der Waals surface area contributed by atoms with Crippen molar-refractivity contribution >= 4 is 11.6 Å². The molecule has 0 saturated heterocycles. The second-order valence-corrected chi connectivity index (χ2v) is 4.23. The van der Waals surface area contributed by atoms with Gasteiger partial charge in [0.15, 0.2) is 0 Å². The van der Waals surface area contributed by atoms with Crippen LogP contribution in [0.25, 0.3) is 0 Å². The highest BCUT2D eigenvalue weighted by Gasteiger charge is 2.05. The number of halogens is 1. The standard InChI is InChI=1S/C12H19ClN2O/c1-9(7-14-2)15-8-10-6-11(13)4-5-12(10)16-3/h4-6,9,14-15H,7-8H2,1-3H3. The topological polar surface area (TPSA) is 33.3 Å². The number of benzene rings is 1. The second kappa shape index (κ2) is 6.74. The van der Waals surface area contributed by atoms with E-state index in [-0.39, 0.29) is 0 Å². The van der Waals surface area contributed by atoms with E-state index in [1.807, 2.05) is 25.2 Å². The van der Waals surface area contributed by atoms with Gasteiger partial charge in [0.1, 0.15) is 5.75 Å². The van der Waals surface area contributed by atoms with Gasteiger partial charge in [0.05, 0.1) is 7.11 Å². The zero-order valence-corrected chi connectivity index (χ0v) is 10.8. The minimum absolute atomic E-state index is 0.411. The fourth-order valence-corrected chi connectivity index (χ4v) is 1.74. The molecule has 16 heavy (non-hydrogen) atoms. The number of rotatable bonds is 6. The van der Waals surface area contributed by atoms with Crippen molar-refractivity contribution < 1.29 is 4.74 Å². The molecule has 0 aliphatic heterocycles. The number of hydrogen-bond donors (Lipinski definition) is 2. The number of nitrogens with one attached hydrogen (secondary N) is 2. The second-order valence-electron chi connectivity index (χ2n) is 3.80. The summed E-state index contributed by atoms with van der Waals surface area (Å²) in [7, 11) is 3.61. The highest BCUT2D eigenvalue weighted by atomic mass is 35.5. The highest BCUT2D eigenvalue weighted by molar-refractivity contribution is 6.30. The van der Waals surface area contributed by atoms with E-state index in [2.05, 4.69) is 17.6 Å². The van der Waals surface area contributed by atoms with Gasteiger partial charge >= 0.3 is 0 Å². The van der Waals surface area contributed by atoms with E-state index in [1.54, 1.807) is 7.11 Å². The lowest BCUT2D eigenvalue weighted by Crippen LogP contribution is -2.34. The van der Waals surface area contributed by atoms with E-state index in [0.717, 1.165) is 29.4 Å². The van der Waals surface area contributed by atoms with Crippen LogP contribution in [0.2, 0.25) is 5.02 Å². The van der Waals surface area contributed by atoms with Gasteiger partial charge in [-0.3, -0.25) is 0 Å². The van der Waals surface area contributed by atoms with Crippen LogP contribution in [-0.4, -0.2) is 26.7 Å². The molecule has 0 fully saturated rings. The van der Waals surface area contributed by atoms with Crippen LogP contribution in [-0.2, 0) is 6.54 Å². The van der Waals surface area contributed by atoms with Crippen LogP contribution >= 0.6 is 11.6 Å². The zero-order valence-electron chi connectivity index (χ0n) is 10.0. The van der Waals surface area contributed by atoms with Crippen molar-refractivity contribution in [1.29, 1.82) is 0 Å². The van der Waals surface area contributed by atoms with Gasteiger partial charge in [0.25, 0.3) is 0 Å². The Morgan fingerprint density at radius 3 is 2.81 bits per heavy atom. The van der Waals surface area contributed by atoms with Gasteiger partial charge in [-0.05, 0) is 32.2 Å². The quantitative estimate of drug-likeness (QED) is 0.801. The molecule has 1 aromatic carbocycles. The smallest absolute Gasteiger partial charge is 0.123 e. The summed E-state index contributed by atoms with van der Waals surface area (Å²) >= 11 is 5.95. The number of hydrogen-bond acceptors (Lipinski definition) is 3. The molecule has 0 spiro atoms. The van der Waals surface area contributed by atoms with E-state index in [1.165, 1.54) is 0 Å². The molecule has 0 aliphatic carbocycles. The van der Waals surface area contributed by atoms with Gasteiger partial charge < -0.3 is 15.4 Å². The third-order valence-corrected chi connectivity index (χ3v) is 2.63. The molecular formula is C12H19ClN2O. The van der Waals surface area contributed by atoms with E-state index in [9.17, 15) is 0 Å². The first-order valence-electron chi connectivity index (χ1n) is 5.37. The van der Waals surface area contributed by atoms with Crippen molar-refractivity contribution in [2.24, 2.45) is 0 Å². The summed E-state index contributed by atoms with van der Waals surface area (Å²) in [6, 6.07) is 6.07. The minimum atomic E-state index is 0.411. The predicted octanol–water partition coefficient (Wildman–Crippen LogP) is 2.05. The highest BCUT2D eigenvalue weighted by Crippen LogP contribution is 2.22. The summed E-state index contributed by atoms with van der Waals surface area (Å²) in [6.07, 6.45) is 0. The van der Waals surface area contributed by atoms with E-state index in [0.29, 0.717) is 6.04 Å². The molecule has 0 radical (unpaired) electrons. The maximum absolute atomic E-state index is 5.95. The Morgan fingerprint density at radius 1 is 1.44 bits per heavy atom. The van der Waals surface area contributed by atoms with Gasteiger partial charge in [-0.2, -0.15) is 0 Å². The first-order chi connectivity index (χ1) is 7.67. The molecule has 1 rings (SSSR count). The average molecular weight is 243 g/mol. The first-order valence-corrected chi connectivity index (χ1v) is 5.75. The maximum atomic E-state index is 5.95. The van der Waals surface area contributed by atoms with E-state index < -0.39 is 0 Å². The summed E-state index contributed by atoms with van der Waals surface area (Å²) in [6.45, 7) is 3.82. The molecule has 0 aromatic heterocycles. The molecule has 0 bridgehead atoms. The van der Waals surface area contributed by atoms with Crippen LogP contribution < -0.4 is 15.4 Å². The Morgan fingerprint density at radius 2 is 2.19 bits per heavy atom. The largest absolute Gasteiger partial charge is 0.496 e. The molecule has 0 heterocycles. The Balaban J connectivity index is 2.61. The van der Waals surface area contributed by atoms with Crippen LogP contribution in [0.3, 0.4) is 0 Å². The molecule has 3 nitrogen and oxygen atoms in total. The molecule has 0 aliphatic rings. The number of methoxy groups -OCH3 is 1. The lowest BCUT2D eigenvalue weighted by molar-refractivity contribution is 0.405. The average Bonchev–Trinajstić information content (AvgIpc) is 2.27. The van der Waals surface area contributed by atoms with Crippen molar-refractivity contribution in [1.82, 2.24) is 10.6 Å². The lowest BCUT2D eigenvalue weighted by Gasteiger charge is -2.15. The summed E-state index contributed by atoms with van der Waals surface area (Å²) < 4.78 is 5.28. The fraction of sp³-hybridized carbons (Fsp3) is 0.500. The first kappa shape index (κ1) is 13.3. The van der Waals surface area contributed by atoms with E-state index >= 15 is 0 Å². The molecule has 1 aromatic rings. The van der Waals surface area contributed by atoms with Crippen molar-refractivity contribution in [2.75, 3.05) is 20.7 Å². The molecular weight excluding hydrogens is 224 g/mol. The monoisotopic (exact) mass is 242 g/mol. The van der Waals surface area contributed by atoms with Crippen molar-refractivity contribution in [3.05, 3.63) is 28.8 Å². The van der Waals surface area contributed by atoms with Crippen molar-refractivity contribution in [3.8, 4) is 5.75 Å². The van der Waals surface area contributed by atoms with Gasteiger partial charge in [-0.25, -0.2) is 0 Å². The van der Waals surface area contributed by atoms with Crippen molar-refractivity contribution in [3.63, 3.8) is 0 Å². The Hall–Kier alpha value is -0.770. The Kier molecular flexibility index (Phi) is 5.60. The molecule has 2 N–H and O–H groups in total. The Labute approximate surface area is 102 Å². The van der Waals surface area contributed by atoms with Gasteiger partial charge in [0, 0.05) is 29.7 Å².